The van der Waals surface area contributed by atoms with Crippen molar-refractivity contribution in [1.82, 2.24) is 0 Å². The normalized spacial score (nSPS) is 14.7. The molecular formula is C15H25ClN2O2. The molecule has 0 bridgehead atoms. The van der Waals surface area contributed by atoms with Crippen molar-refractivity contribution in [3.8, 4) is 5.75 Å². The summed E-state index contributed by atoms with van der Waals surface area (Å²) in [6.07, 6.45) is 1.16. The molecule has 1 rings (SSSR count). The topological polar surface area (TPSA) is 64.3 Å². The van der Waals surface area contributed by atoms with Gasteiger partial charge in [0.05, 0.1) is 12.0 Å². The predicted molar refractivity (Wildman–Crippen MR) is 85.5 cm³/mol. The zero-order valence-corrected chi connectivity index (χ0v) is 13.4. The molecule has 4 nitrogen and oxygen atoms in total. The van der Waals surface area contributed by atoms with Crippen LogP contribution in [0.1, 0.15) is 34.1 Å². The van der Waals surface area contributed by atoms with Crippen LogP contribution >= 0.6 is 12.4 Å². The Labute approximate surface area is 127 Å². The molecule has 0 fully saturated rings. The fourth-order valence-electron chi connectivity index (χ4n) is 1.43. The molecule has 1 aromatic carbocycles. The lowest BCUT2D eigenvalue weighted by Crippen LogP contribution is -2.34. The van der Waals surface area contributed by atoms with E-state index in [-0.39, 0.29) is 36.4 Å². The molecule has 5 heteroatoms. The summed E-state index contributed by atoms with van der Waals surface area (Å²) in [5.74, 6) is 0.536. The van der Waals surface area contributed by atoms with Gasteiger partial charge in [-0.3, -0.25) is 4.79 Å². The summed E-state index contributed by atoms with van der Waals surface area (Å²) in [7, 11) is 0. The van der Waals surface area contributed by atoms with Gasteiger partial charge in [-0.2, -0.15) is 0 Å². The van der Waals surface area contributed by atoms with Crippen molar-refractivity contribution in [2.75, 3.05) is 5.32 Å². The zero-order chi connectivity index (χ0) is 14.4. The number of hydrogen-bond donors (Lipinski definition) is 2. The minimum absolute atomic E-state index is 0. The standard InChI is InChI=1S/C15H24N2O2.ClH/c1-5-10(2)19-14-8-6-13(7-9-14)17-15(18)11(3)12(4)16;/h6-12H,5,16H2,1-4H3,(H,17,18);1H. The van der Waals surface area contributed by atoms with E-state index < -0.39 is 0 Å². The highest BCUT2D eigenvalue weighted by Gasteiger charge is 2.16. The quantitative estimate of drug-likeness (QED) is 0.848. The third-order valence-corrected chi connectivity index (χ3v) is 3.24. The van der Waals surface area contributed by atoms with E-state index in [1.54, 1.807) is 0 Å². The second kappa shape index (κ2) is 8.82. The van der Waals surface area contributed by atoms with E-state index in [9.17, 15) is 4.79 Å². The van der Waals surface area contributed by atoms with E-state index in [0.29, 0.717) is 0 Å². The van der Waals surface area contributed by atoms with Gasteiger partial charge in [-0.25, -0.2) is 0 Å². The largest absolute Gasteiger partial charge is 0.491 e. The third kappa shape index (κ3) is 5.80. The number of nitrogens with one attached hydrogen (secondary N) is 1. The van der Waals surface area contributed by atoms with Crippen LogP contribution in [0.5, 0.6) is 5.75 Å². The van der Waals surface area contributed by atoms with Crippen molar-refractivity contribution < 1.29 is 9.53 Å². The van der Waals surface area contributed by atoms with Gasteiger partial charge in [0, 0.05) is 11.7 Å². The van der Waals surface area contributed by atoms with E-state index in [4.69, 9.17) is 10.5 Å². The second-order valence-electron chi connectivity index (χ2n) is 5.00. The van der Waals surface area contributed by atoms with Gasteiger partial charge in [0.1, 0.15) is 5.75 Å². The van der Waals surface area contributed by atoms with E-state index in [1.807, 2.05) is 45.0 Å². The SMILES string of the molecule is CCC(C)Oc1ccc(NC(=O)C(C)C(C)N)cc1.Cl. The van der Waals surface area contributed by atoms with Gasteiger partial charge in [-0.05, 0) is 44.5 Å². The summed E-state index contributed by atoms with van der Waals surface area (Å²) >= 11 is 0. The molecular weight excluding hydrogens is 276 g/mol. The van der Waals surface area contributed by atoms with Gasteiger partial charge in [-0.15, -0.1) is 12.4 Å². The van der Waals surface area contributed by atoms with E-state index in [1.165, 1.54) is 0 Å². The lowest BCUT2D eigenvalue weighted by Gasteiger charge is -2.16. The number of carbonyl (C=O) groups excluding carboxylic acids is 1. The molecule has 0 radical (unpaired) electrons. The van der Waals surface area contributed by atoms with Crippen LogP contribution in [0, 0.1) is 5.92 Å². The first-order chi connectivity index (χ1) is 8.93. The van der Waals surface area contributed by atoms with Gasteiger partial charge in [-0.1, -0.05) is 13.8 Å². The molecule has 0 aliphatic heterocycles. The number of rotatable bonds is 6. The lowest BCUT2D eigenvalue weighted by atomic mass is 10.0. The number of amides is 1. The molecule has 3 unspecified atom stereocenters. The maximum atomic E-state index is 11.8. The zero-order valence-electron chi connectivity index (χ0n) is 12.6. The Balaban J connectivity index is 0.00000361. The molecule has 0 heterocycles. The van der Waals surface area contributed by atoms with Crippen molar-refractivity contribution in [2.45, 2.75) is 46.3 Å². The van der Waals surface area contributed by atoms with Crippen LogP contribution in [-0.2, 0) is 4.79 Å². The fraction of sp³-hybridized carbons (Fsp3) is 0.533. The number of ether oxygens (including phenoxy) is 1. The Bertz CT molecular complexity index is 407. The van der Waals surface area contributed by atoms with E-state index >= 15 is 0 Å². The minimum atomic E-state index is -0.212. The summed E-state index contributed by atoms with van der Waals surface area (Å²) in [6.45, 7) is 7.75. The highest BCUT2D eigenvalue weighted by atomic mass is 35.5. The highest BCUT2D eigenvalue weighted by Crippen LogP contribution is 2.18. The average molecular weight is 301 g/mol. The van der Waals surface area contributed by atoms with Crippen LogP contribution in [0.2, 0.25) is 0 Å². The first-order valence-electron chi connectivity index (χ1n) is 6.77. The summed E-state index contributed by atoms with van der Waals surface area (Å²) in [6, 6.07) is 7.23. The molecule has 0 aromatic heterocycles. The molecule has 0 aliphatic rings. The van der Waals surface area contributed by atoms with Gasteiger partial charge >= 0.3 is 0 Å². The van der Waals surface area contributed by atoms with Crippen LogP contribution < -0.4 is 15.8 Å². The number of hydrogen-bond acceptors (Lipinski definition) is 3. The maximum Gasteiger partial charge on any atom is 0.228 e. The molecule has 3 atom stereocenters. The average Bonchev–Trinajstić information content (AvgIpc) is 2.39. The molecule has 0 saturated heterocycles. The number of anilines is 1. The molecule has 0 spiro atoms. The van der Waals surface area contributed by atoms with Crippen LogP contribution in [-0.4, -0.2) is 18.1 Å². The van der Waals surface area contributed by atoms with Crippen molar-refractivity contribution >= 4 is 24.0 Å². The Morgan fingerprint density at radius 3 is 2.25 bits per heavy atom. The van der Waals surface area contributed by atoms with Gasteiger partial charge in [0.25, 0.3) is 0 Å². The van der Waals surface area contributed by atoms with E-state index in [2.05, 4.69) is 12.2 Å². The lowest BCUT2D eigenvalue weighted by molar-refractivity contribution is -0.119. The van der Waals surface area contributed by atoms with Gasteiger partial charge in [0.2, 0.25) is 5.91 Å². The first-order valence-corrected chi connectivity index (χ1v) is 6.77. The molecule has 0 saturated carbocycles. The number of halogens is 1. The smallest absolute Gasteiger partial charge is 0.228 e. The van der Waals surface area contributed by atoms with Crippen molar-refractivity contribution in [3.05, 3.63) is 24.3 Å². The van der Waals surface area contributed by atoms with Crippen LogP contribution in [0.3, 0.4) is 0 Å². The number of nitrogens with two attached hydrogens (primary N) is 1. The number of carbonyl (C=O) groups is 1. The first kappa shape index (κ1) is 18.7. The van der Waals surface area contributed by atoms with Crippen molar-refractivity contribution in [2.24, 2.45) is 11.7 Å². The summed E-state index contributed by atoms with van der Waals surface area (Å²) < 4.78 is 5.68. The van der Waals surface area contributed by atoms with Crippen LogP contribution in [0.15, 0.2) is 24.3 Å². The fourth-order valence-corrected chi connectivity index (χ4v) is 1.43. The Morgan fingerprint density at radius 1 is 1.25 bits per heavy atom. The maximum absolute atomic E-state index is 11.8. The summed E-state index contributed by atoms with van der Waals surface area (Å²) in [5, 5.41) is 2.84. The van der Waals surface area contributed by atoms with E-state index in [0.717, 1.165) is 17.9 Å². The Hall–Kier alpha value is -1.26. The van der Waals surface area contributed by atoms with Crippen LogP contribution in [0.4, 0.5) is 5.69 Å². The molecule has 20 heavy (non-hydrogen) atoms. The highest BCUT2D eigenvalue weighted by molar-refractivity contribution is 5.92. The molecule has 0 aliphatic carbocycles. The van der Waals surface area contributed by atoms with Gasteiger partial charge in [0.15, 0.2) is 0 Å². The predicted octanol–water partition coefficient (Wildman–Crippen LogP) is 3.21. The number of benzene rings is 1. The summed E-state index contributed by atoms with van der Waals surface area (Å²) in [5.41, 5.74) is 6.46. The second-order valence-corrected chi connectivity index (χ2v) is 5.00. The minimum Gasteiger partial charge on any atom is -0.491 e. The Morgan fingerprint density at radius 2 is 1.80 bits per heavy atom. The van der Waals surface area contributed by atoms with Crippen LogP contribution in [0.25, 0.3) is 0 Å². The Kier molecular flexibility index (Phi) is 8.26. The third-order valence-electron chi connectivity index (χ3n) is 3.24. The molecule has 3 N–H and O–H groups in total. The van der Waals surface area contributed by atoms with Crippen molar-refractivity contribution in [1.29, 1.82) is 0 Å². The monoisotopic (exact) mass is 300 g/mol. The van der Waals surface area contributed by atoms with Crippen molar-refractivity contribution in [3.63, 3.8) is 0 Å². The summed E-state index contributed by atoms with van der Waals surface area (Å²) in [4.78, 5) is 11.8. The molecule has 1 aromatic rings. The molecule has 114 valence electrons. The molecule has 1 amide bonds. The van der Waals surface area contributed by atoms with Gasteiger partial charge < -0.3 is 15.8 Å².